The van der Waals surface area contributed by atoms with E-state index in [-0.39, 0.29) is 5.91 Å². The molecule has 6 heteroatoms. The quantitative estimate of drug-likeness (QED) is 0.633. The van der Waals surface area contributed by atoms with Crippen molar-refractivity contribution in [1.29, 1.82) is 0 Å². The molecule has 1 aromatic heterocycles. The van der Waals surface area contributed by atoms with Crippen LogP contribution in [0.25, 0.3) is 22.6 Å². The van der Waals surface area contributed by atoms with Gasteiger partial charge in [0.25, 0.3) is 5.91 Å². The molecule has 1 heterocycles. The first-order chi connectivity index (χ1) is 11.5. The van der Waals surface area contributed by atoms with Crippen molar-refractivity contribution in [3.8, 4) is 11.5 Å². The fourth-order valence-corrected chi connectivity index (χ4v) is 3.08. The first-order valence-corrected chi connectivity index (χ1v) is 8.44. The summed E-state index contributed by atoms with van der Waals surface area (Å²) in [7, 11) is 0. The fourth-order valence-electron chi connectivity index (χ4n) is 2.56. The van der Waals surface area contributed by atoms with E-state index in [4.69, 9.17) is 27.6 Å². The lowest BCUT2D eigenvalue weighted by Crippen LogP contribution is -2.30. The number of fused-ring (bicyclic) bond motifs is 1. The predicted molar refractivity (Wildman–Crippen MR) is 96.7 cm³/mol. The molecule has 2 aromatic carbocycles. The van der Waals surface area contributed by atoms with Crippen molar-refractivity contribution < 1.29 is 9.21 Å². The molecule has 124 valence electrons. The smallest absolute Gasteiger partial charge is 0.253 e. The Labute approximate surface area is 150 Å². The van der Waals surface area contributed by atoms with Crippen LogP contribution in [-0.2, 0) is 0 Å². The van der Waals surface area contributed by atoms with E-state index >= 15 is 0 Å². The highest BCUT2D eigenvalue weighted by Gasteiger charge is 2.16. The van der Waals surface area contributed by atoms with Crippen molar-refractivity contribution in [3.05, 3.63) is 52.0 Å². The van der Waals surface area contributed by atoms with Crippen LogP contribution in [0.15, 0.2) is 40.8 Å². The molecule has 3 aromatic rings. The lowest BCUT2D eigenvalue weighted by Gasteiger charge is -2.18. The number of aromatic nitrogens is 1. The molecule has 0 saturated carbocycles. The minimum Gasteiger partial charge on any atom is -0.435 e. The molecule has 0 radical (unpaired) electrons. The number of hydrogen-bond donors (Lipinski definition) is 0. The summed E-state index contributed by atoms with van der Waals surface area (Å²) >= 11 is 12.1. The zero-order valence-electron chi connectivity index (χ0n) is 13.3. The second-order valence-corrected chi connectivity index (χ2v) is 6.16. The molecule has 0 N–H and O–H groups in total. The number of benzene rings is 2. The molecule has 0 spiro atoms. The van der Waals surface area contributed by atoms with Gasteiger partial charge in [-0.25, -0.2) is 4.98 Å². The second-order valence-electron chi connectivity index (χ2n) is 5.31. The number of hydrogen-bond acceptors (Lipinski definition) is 3. The summed E-state index contributed by atoms with van der Waals surface area (Å²) in [6.45, 7) is 5.24. The van der Waals surface area contributed by atoms with Gasteiger partial charge in [-0.05, 0) is 44.2 Å². The Hall–Kier alpha value is -2.04. The lowest BCUT2D eigenvalue weighted by atomic mass is 10.1. The molecule has 1 amide bonds. The zero-order valence-corrected chi connectivity index (χ0v) is 14.9. The maximum Gasteiger partial charge on any atom is 0.253 e. The lowest BCUT2D eigenvalue weighted by molar-refractivity contribution is 0.0773. The van der Waals surface area contributed by atoms with Gasteiger partial charge in [0.05, 0.1) is 5.02 Å². The molecule has 0 aliphatic heterocycles. The third-order valence-corrected chi connectivity index (χ3v) is 4.32. The highest BCUT2D eigenvalue weighted by molar-refractivity contribution is 6.38. The monoisotopic (exact) mass is 362 g/mol. The molecule has 0 atom stereocenters. The predicted octanol–water partition coefficient (Wildman–Crippen LogP) is 5.28. The summed E-state index contributed by atoms with van der Waals surface area (Å²) < 4.78 is 5.76. The van der Waals surface area contributed by atoms with Crippen LogP contribution in [-0.4, -0.2) is 28.9 Å². The molecule has 0 bridgehead atoms. The van der Waals surface area contributed by atoms with Gasteiger partial charge in [-0.15, -0.1) is 0 Å². The number of halogens is 2. The molecule has 0 aliphatic rings. The average molecular weight is 363 g/mol. The van der Waals surface area contributed by atoms with Gasteiger partial charge in [-0.2, -0.15) is 0 Å². The van der Waals surface area contributed by atoms with Crippen LogP contribution in [0.5, 0.6) is 0 Å². The molecular formula is C18H16Cl2N2O2. The Morgan fingerprint density at radius 1 is 1.17 bits per heavy atom. The van der Waals surface area contributed by atoms with Crippen LogP contribution in [0.4, 0.5) is 0 Å². The van der Waals surface area contributed by atoms with Gasteiger partial charge >= 0.3 is 0 Å². The van der Waals surface area contributed by atoms with E-state index in [0.29, 0.717) is 45.7 Å². The van der Waals surface area contributed by atoms with Crippen LogP contribution in [0.1, 0.15) is 24.2 Å². The van der Waals surface area contributed by atoms with Crippen LogP contribution >= 0.6 is 23.2 Å². The van der Waals surface area contributed by atoms with E-state index in [9.17, 15) is 4.79 Å². The van der Waals surface area contributed by atoms with Gasteiger partial charge < -0.3 is 9.32 Å². The summed E-state index contributed by atoms with van der Waals surface area (Å²) in [5.41, 5.74) is 2.39. The van der Waals surface area contributed by atoms with Crippen molar-refractivity contribution >= 4 is 40.2 Å². The Morgan fingerprint density at radius 3 is 2.62 bits per heavy atom. The van der Waals surface area contributed by atoms with Gasteiger partial charge in [-0.1, -0.05) is 29.3 Å². The van der Waals surface area contributed by atoms with E-state index in [1.165, 1.54) is 0 Å². The van der Waals surface area contributed by atoms with Crippen molar-refractivity contribution in [1.82, 2.24) is 9.88 Å². The van der Waals surface area contributed by atoms with E-state index in [0.717, 1.165) is 5.56 Å². The first-order valence-electron chi connectivity index (χ1n) is 7.68. The Bertz CT molecular complexity index is 901. The maximum atomic E-state index is 12.5. The van der Waals surface area contributed by atoms with Crippen LogP contribution in [0, 0.1) is 0 Å². The minimum atomic E-state index is -0.0148. The molecule has 4 nitrogen and oxygen atoms in total. The van der Waals surface area contributed by atoms with Gasteiger partial charge in [0.2, 0.25) is 5.89 Å². The number of carbonyl (C=O) groups excluding carboxylic acids is 1. The number of amides is 1. The van der Waals surface area contributed by atoms with Crippen LogP contribution < -0.4 is 0 Å². The number of oxazole rings is 1. The average Bonchev–Trinajstić information content (AvgIpc) is 3.00. The van der Waals surface area contributed by atoms with Crippen LogP contribution in [0.3, 0.4) is 0 Å². The Balaban J connectivity index is 2.03. The molecule has 0 aliphatic carbocycles. The maximum absolute atomic E-state index is 12.5. The summed E-state index contributed by atoms with van der Waals surface area (Å²) in [6, 6.07) is 10.5. The van der Waals surface area contributed by atoms with Crippen molar-refractivity contribution in [3.63, 3.8) is 0 Å². The van der Waals surface area contributed by atoms with Gasteiger partial charge in [-0.3, -0.25) is 4.79 Å². The van der Waals surface area contributed by atoms with Crippen molar-refractivity contribution in [2.24, 2.45) is 0 Å². The molecule has 0 unspecified atom stereocenters. The van der Waals surface area contributed by atoms with E-state index in [2.05, 4.69) is 4.98 Å². The van der Waals surface area contributed by atoms with Crippen molar-refractivity contribution in [2.45, 2.75) is 13.8 Å². The number of rotatable bonds is 4. The third kappa shape index (κ3) is 3.12. The molecule has 24 heavy (non-hydrogen) atoms. The molecule has 0 saturated heterocycles. The third-order valence-electron chi connectivity index (χ3n) is 3.82. The van der Waals surface area contributed by atoms with Gasteiger partial charge in [0, 0.05) is 29.2 Å². The standard InChI is InChI=1S/C18H16Cl2N2O2/c1-3-22(4-2)18(23)12-7-5-6-11(8-12)17-21-15-10-13(19)9-14(20)16(15)24-17/h5-10H,3-4H2,1-2H3. The highest BCUT2D eigenvalue weighted by Crippen LogP contribution is 2.32. The van der Waals surface area contributed by atoms with E-state index in [1.54, 1.807) is 29.2 Å². The highest BCUT2D eigenvalue weighted by atomic mass is 35.5. The Morgan fingerprint density at radius 2 is 1.92 bits per heavy atom. The minimum absolute atomic E-state index is 0.0148. The normalized spacial score (nSPS) is 11.0. The fraction of sp³-hybridized carbons (Fsp3) is 0.222. The molecule has 0 fully saturated rings. The van der Waals surface area contributed by atoms with Crippen LogP contribution in [0.2, 0.25) is 10.0 Å². The van der Waals surface area contributed by atoms with Crippen molar-refractivity contribution in [2.75, 3.05) is 13.1 Å². The summed E-state index contributed by atoms with van der Waals surface area (Å²) in [5.74, 6) is 0.391. The SMILES string of the molecule is CCN(CC)C(=O)c1cccc(-c2nc3cc(Cl)cc(Cl)c3o2)c1. The zero-order chi connectivity index (χ0) is 17.3. The largest absolute Gasteiger partial charge is 0.435 e. The summed E-state index contributed by atoms with van der Waals surface area (Å²) in [5, 5.41) is 0.907. The second kappa shape index (κ2) is 6.83. The molecular weight excluding hydrogens is 347 g/mol. The van der Waals surface area contributed by atoms with Gasteiger partial charge in [0.1, 0.15) is 5.52 Å². The van der Waals surface area contributed by atoms with E-state index in [1.807, 2.05) is 26.0 Å². The summed E-state index contributed by atoms with van der Waals surface area (Å²) in [4.78, 5) is 18.7. The first kappa shape index (κ1) is 16.8. The van der Waals surface area contributed by atoms with E-state index < -0.39 is 0 Å². The molecule has 3 rings (SSSR count). The topological polar surface area (TPSA) is 46.3 Å². The number of nitrogens with zero attached hydrogens (tertiary/aromatic N) is 2. The Kier molecular flexibility index (Phi) is 4.78. The number of carbonyl (C=O) groups is 1. The summed E-state index contributed by atoms with van der Waals surface area (Å²) in [6.07, 6.45) is 0. The van der Waals surface area contributed by atoms with Gasteiger partial charge in [0.15, 0.2) is 5.58 Å².